The van der Waals surface area contributed by atoms with Crippen LogP contribution in [0.15, 0.2) is 42.5 Å². The number of hydrogen-bond donors (Lipinski definition) is 1. The molecule has 1 aliphatic heterocycles. The molecule has 156 valence electrons. The lowest BCUT2D eigenvalue weighted by Gasteiger charge is -2.34. The predicted molar refractivity (Wildman–Crippen MR) is 116 cm³/mol. The summed E-state index contributed by atoms with van der Waals surface area (Å²) in [5.41, 5.74) is 1.47. The fraction of sp³-hybridized carbons (Fsp3) is 0.409. The Morgan fingerprint density at radius 3 is 2.38 bits per heavy atom. The summed E-state index contributed by atoms with van der Waals surface area (Å²) in [5, 5.41) is 2.87. The highest BCUT2D eigenvalue weighted by Gasteiger charge is 2.17. The van der Waals surface area contributed by atoms with Crippen LogP contribution in [0, 0.1) is 5.82 Å². The number of benzene rings is 2. The third kappa shape index (κ3) is 6.68. The molecule has 0 aliphatic carbocycles. The minimum Gasteiger partial charge on any atom is -0.352 e. The molecule has 0 spiro atoms. The van der Waals surface area contributed by atoms with E-state index in [9.17, 15) is 9.18 Å². The molecular weight excluding hydrogens is 412 g/mol. The van der Waals surface area contributed by atoms with Gasteiger partial charge in [0.2, 0.25) is 0 Å². The van der Waals surface area contributed by atoms with Crippen LogP contribution in [0.25, 0.3) is 0 Å². The summed E-state index contributed by atoms with van der Waals surface area (Å²) in [6.45, 7) is 6.85. The molecule has 1 saturated heterocycles. The summed E-state index contributed by atoms with van der Waals surface area (Å²) in [6.07, 6.45) is 1.87. The van der Waals surface area contributed by atoms with Gasteiger partial charge in [0.05, 0.1) is 15.6 Å². The smallest absolute Gasteiger partial charge is 0.252 e. The van der Waals surface area contributed by atoms with E-state index in [1.54, 1.807) is 0 Å². The number of amides is 1. The van der Waals surface area contributed by atoms with Gasteiger partial charge in [-0.1, -0.05) is 53.5 Å². The van der Waals surface area contributed by atoms with Gasteiger partial charge < -0.3 is 10.2 Å². The Labute approximate surface area is 181 Å². The van der Waals surface area contributed by atoms with Crippen molar-refractivity contribution in [2.45, 2.75) is 19.4 Å². The standard InChI is InChI=1S/C22H26Cl2FN3O/c23-19-15-20(24)21(25)14-18(19)22(29)26-8-4-5-9-27-10-12-28(13-11-27)16-17-6-2-1-3-7-17/h1-3,6-7,14-15H,4-5,8-13,16H2,(H,26,29). The van der Waals surface area contributed by atoms with Crippen LogP contribution in [0.1, 0.15) is 28.8 Å². The largest absolute Gasteiger partial charge is 0.352 e. The lowest BCUT2D eigenvalue weighted by molar-refractivity contribution is 0.0951. The first-order valence-electron chi connectivity index (χ1n) is 9.94. The van der Waals surface area contributed by atoms with Gasteiger partial charge in [-0.3, -0.25) is 9.69 Å². The lowest BCUT2D eigenvalue weighted by Crippen LogP contribution is -2.46. The first-order chi connectivity index (χ1) is 14.0. The zero-order chi connectivity index (χ0) is 20.6. The molecule has 1 heterocycles. The fourth-order valence-corrected chi connectivity index (χ4v) is 3.94. The van der Waals surface area contributed by atoms with Gasteiger partial charge in [-0.25, -0.2) is 4.39 Å². The van der Waals surface area contributed by atoms with Crippen molar-refractivity contribution < 1.29 is 9.18 Å². The van der Waals surface area contributed by atoms with Gasteiger partial charge in [0.1, 0.15) is 5.82 Å². The van der Waals surface area contributed by atoms with E-state index in [0.717, 1.165) is 58.2 Å². The van der Waals surface area contributed by atoms with Crippen LogP contribution in [-0.4, -0.2) is 55.0 Å². The number of halogens is 3. The summed E-state index contributed by atoms with van der Waals surface area (Å²) < 4.78 is 13.5. The SMILES string of the molecule is O=C(NCCCCN1CCN(Cc2ccccc2)CC1)c1cc(F)c(Cl)cc1Cl. The average Bonchev–Trinajstić information content (AvgIpc) is 2.72. The molecule has 1 fully saturated rings. The second-order valence-corrected chi connectivity index (χ2v) is 8.13. The van der Waals surface area contributed by atoms with Crippen molar-refractivity contribution in [1.82, 2.24) is 15.1 Å². The van der Waals surface area contributed by atoms with E-state index in [1.165, 1.54) is 11.6 Å². The first-order valence-corrected chi connectivity index (χ1v) is 10.7. The Morgan fingerprint density at radius 2 is 1.66 bits per heavy atom. The molecule has 2 aromatic carbocycles. The number of carbonyl (C=O) groups is 1. The van der Waals surface area contributed by atoms with Gasteiger partial charge in [0.15, 0.2) is 0 Å². The Balaban J connectivity index is 1.30. The van der Waals surface area contributed by atoms with Gasteiger partial charge in [-0.2, -0.15) is 0 Å². The van der Waals surface area contributed by atoms with Crippen molar-refractivity contribution in [3.8, 4) is 0 Å². The first kappa shape index (κ1) is 22.0. The van der Waals surface area contributed by atoms with Crippen molar-refractivity contribution in [3.05, 3.63) is 69.5 Å². The van der Waals surface area contributed by atoms with Gasteiger partial charge in [-0.15, -0.1) is 0 Å². The third-order valence-corrected chi connectivity index (χ3v) is 5.76. The molecule has 7 heteroatoms. The van der Waals surface area contributed by atoms with E-state index in [1.807, 2.05) is 6.07 Å². The van der Waals surface area contributed by atoms with Crippen LogP contribution in [0.3, 0.4) is 0 Å². The molecule has 3 rings (SSSR count). The molecule has 1 N–H and O–H groups in total. The maximum absolute atomic E-state index is 13.5. The van der Waals surface area contributed by atoms with E-state index < -0.39 is 5.82 Å². The van der Waals surface area contributed by atoms with Crippen molar-refractivity contribution in [3.63, 3.8) is 0 Å². The molecule has 0 aromatic heterocycles. The van der Waals surface area contributed by atoms with Crippen LogP contribution in [-0.2, 0) is 6.54 Å². The molecule has 1 aliphatic rings. The van der Waals surface area contributed by atoms with Crippen LogP contribution < -0.4 is 5.32 Å². The number of carbonyl (C=O) groups excluding carboxylic acids is 1. The van der Waals surface area contributed by atoms with Crippen LogP contribution >= 0.6 is 23.2 Å². The molecule has 0 bridgehead atoms. The Morgan fingerprint density at radius 1 is 0.966 bits per heavy atom. The molecule has 0 saturated carbocycles. The average molecular weight is 438 g/mol. The maximum Gasteiger partial charge on any atom is 0.252 e. The van der Waals surface area contributed by atoms with Gasteiger partial charge in [-0.05, 0) is 37.1 Å². The number of hydrogen-bond acceptors (Lipinski definition) is 3. The summed E-state index contributed by atoms with van der Waals surface area (Å²) in [7, 11) is 0. The van der Waals surface area contributed by atoms with Crippen LogP contribution in [0.5, 0.6) is 0 Å². The highest BCUT2D eigenvalue weighted by molar-refractivity contribution is 6.36. The second-order valence-electron chi connectivity index (χ2n) is 7.31. The van der Waals surface area contributed by atoms with Crippen molar-refractivity contribution >= 4 is 29.1 Å². The quantitative estimate of drug-likeness (QED) is 0.488. The molecule has 0 radical (unpaired) electrons. The van der Waals surface area contributed by atoms with E-state index in [-0.39, 0.29) is 21.5 Å². The fourth-order valence-electron chi connectivity index (χ4n) is 3.47. The molecule has 2 aromatic rings. The normalized spacial score (nSPS) is 15.4. The number of unbranched alkanes of at least 4 members (excludes halogenated alkanes) is 1. The summed E-state index contributed by atoms with van der Waals surface area (Å²) >= 11 is 11.6. The Kier molecular flexibility index (Phi) is 8.30. The van der Waals surface area contributed by atoms with E-state index in [0.29, 0.717) is 6.54 Å². The molecule has 0 unspecified atom stereocenters. The van der Waals surface area contributed by atoms with Crippen molar-refractivity contribution in [2.75, 3.05) is 39.3 Å². The maximum atomic E-state index is 13.5. The van der Waals surface area contributed by atoms with Crippen molar-refractivity contribution in [2.24, 2.45) is 0 Å². The highest BCUT2D eigenvalue weighted by atomic mass is 35.5. The van der Waals surface area contributed by atoms with Crippen LogP contribution in [0.4, 0.5) is 4.39 Å². The van der Waals surface area contributed by atoms with Crippen LogP contribution in [0.2, 0.25) is 10.0 Å². The number of piperazine rings is 1. The molecule has 4 nitrogen and oxygen atoms in total. The summed E-state index contributed by atoms with van der Waals surface area (Å²) in [4.78, 5) is 17.1. The lowest BCUT2D eigenvalue weighted by atomic mass is 10.2. The number of nitrogens with one attached hydrogen (secondary N) is 1. The zero-order valence-electron chi connectivity index (χ0n) is 16.3. The molecular formula is C22H26Cl2FN3O. The zero-order valence-corrected chi connectivity index (χ0v) is 17.9. The van der Waals surface area contributed by atoms with E-state index >= 15 is 0 Å². The summed E-state index contributed by atoms with van der Waals surface area (Å²) in [5.74, 6) is -1.02. The third-order valence-electron chi connectivity index (χ3n) is 5.16. The molecule has 1 amide bonds. The Hall–Kier alpha value is -1.66. The monoisotopic (exact) mass is 437 g/mol. The van der Waals surface area contributed by atoms with Crippen molar-refractivity contribution in [1.29, 1.82) is 0 Å². The minimum atomic E-state index is -0.646. The number of rotatable bonds is 8. The minimum absolute atomic E-state index is 0.0876. The van der Waals surface area contributed by atoms with E-state index in [4.69, 9.17) is 23.2 Å². The van der Waals surface area contributed by atoms with Gasteiger partial charge in [0, 0.05) is 39.3 Å². The van der Waals surface area contributed by atoms with E-state index in [2.05, 4.69) is 39.4 Å². The Bertz CT molecular complexity index is 811. The molecule has 29 heavy (non-hydrogen) atoms. The topological polar surface area (TPSA) is 35.6 Å². The second kappa shape index (κ2) is 10.9. The van der Waals surface area contributed by atoms with Gasteiger partial charge >= 0.3 is 0 Å². The number of nitrogens with zero attached hydrogens (tertiary/aromatic N) is 2. The molecule has 0 atom stereocenters. The van der Waals surface area contributed by atoms with Gasteiger partial charge in [0.25, 0.3) is 5.91 Å². The highest BCUT2D eigenvalue weighted by Crippen LogP contribution is 2.24. The predicted octanol–water partition coefficient (Wildman–Crippen LogP) is 4.46. The summed E-state index contributed by atoms with van der Waals surface area (Å²) in [6, 6.07) is 12.9.